The number of hydrogen-bond acceptors (Lipinski definition) is 5. The summed E-state index contributed by atoms with van der Waals surface area (Å²) in [6, 6.07) is 18.3. The van der Waals surface area contributed by atoms with Gasteiger partial charge in [-0.3, -0.25) is 9.10 Å². The van der Waals surface area contributed by atoms with Gasteiger partial charge in [-0.05, 0) is 42.5 Å². The number of hydrogen-bond donors (Lipinski definition) is 2. The summed E-state index contributed by atoms with van der Waals surface area (Å²) in [5, 5.41) is 14.0. The van der Waals surface area contributed by atoms with Gasteiger partial charge in [0.05, 0.1) is 16.8 Å². The first-order chi connectivity index (χ1) is 14.8. The second-order valence-corrected chi connectivity index (χ2v) is 9.04. The van der Waals surface area contributed by atoms with Gasteiger partial charge < -0.3 is 5.11 Å². The molecule has 7 nitrogen and oxygen atoms in total. The number of hydrazone groups is 1. The number of nitrogens with one attached hydrogen (secondary N) is 1. The Kier molecular flexibility index (Phi) is 7.17. The van der Waals surface area contributed by atoms with Crippen LogP contribution in [0.4, 0.5) is 5.69 Å². The van der Waals surface area contributed by atoms with E-state index in [9.17, 15) is 18.3 Å². The van der Waals surface area contributed by atoms with Crippen LogP contribution < -0.4 is 9.73 Å². The maximum absolute atomic E-state index is 13.2. The molecule has 0 saturated carbocycles. The molecule has 3 aromatic rings. The third-order valence-corrected chi connectivity index (χ3v) is 6.31. The van der Waals surface area contributed by atoms with Gasteiger partial charge in [-0.25, -0.2) is 13.8 Å². The molecule has 0 fully saturated rings. The van der Waals surface area contributed by atoms with E-state index in [-0.39, 0.29) is 26.4 Å². The molecule has 0 saturated heterocycles. The molecule has 2 N–H and O–H groups in total. The first kappa shape index (κ1) is 22.6. The van der Waals surface area contributed by atoms with Crippen molar-refractivity contribution in [3.05, 3.63) is 88.4 Å². The zero-order valence-electron chi connectivity index (χ0n) is 15.9. The summed E-state index contributed by atoms with van der Waals surface area (Å²) in [7, 11) is -4.10. The molecule has 0 bridgehead atoms. The van der Waals surface area contributed by atoms with Gasteiger partial charge in [0.2, 0.25) is 0 Å². The van der Waals surface area contributed by atoms with Crippen molar-refractivity contribution in [3.8, 4) is 5.75 Å². The Bertz CT molecular complexity index is 1200. The quantitative estimate of drug-likeness (QED) is 0.396. The van der Waals surface area contributed by atoms with Crippen molar-refractivity contribution in [1.29, 1.82) is 0 Å². The molecule has 0 heterocycles. The number of aromatic hydroxyl groups is 1. The molecule has 0 unspecified atom stereocenters. The van der Waals surface area contributed by atoms with E-state index in [4.69, 9.17) is 23.2 Å². The SMILES string of the molecule is O=C(CN(c1cc(Cl)cc(Cl)c1)S(=O)(=O)c1ccccc1)N/N=C\c1ccccc1O. The minimum atomic E-state index is -4.10. The van der Waals surface area contributed by atoms with Crippen LogP contribution in [0.15, 0.2) is 82.8 Å². The second kappa shape index (κ2) is 9.82. The fourth-order valence-electron chi connectivity index (χ4n) is 2.65. The zero-order chi connectivity index (χ0) is 22.4. The van der Waals surface area contributed by atoms with Crippen LogP contribution in [-0.4, -0.2) is 32.2 Å². The lowest BCUT2D eigenvalue weighted by Crippen LogP contribution is -2.39. The fraction of sp³-hybridized carbons (Fsp3) is 0.0476. The Hall–Kier alpha value is -3.07. The van der Waals surface area contributed by atoms with E-state index in [1.165, 1.54) is 42.6 Å². The molecule has 0 aliphatic rings. The van der Waals surface area contributed by atoms with Gasteiger partial charge in [-0.1, -0.05) is 53.5 Å². The molecule has 1 amide bonds. The second-order valence-electron chi connectivity index (χ2n) is 6.30. The van der Waals surface area contributed by atoms with Crippen LogP contribution >= 0.6 is 23.2 Å². The molecule has 0 aliphatic carbocycles. The van der Waals surface area contributed by atoms with E-state index in [1.54, 1.807) is 36.4 Å². The minimum absolute atomic E-state index is 0.00314. The lowest BCUT2D eigenvalue weighted by molar-refractivity contribution is -0.119. The Morgan fingerprint density at radius 2 is 1.61 bits per heavy atom. The van der Waals surface area contributed by atoms with E-state index >= 15 is 0 Å². The molecule has 10 heteroatoms. The number of benzene rings is 3. The minimum Gasteiger partial charge on any atom is -0.507 e. The van der Waals surface area contributed by atoms with E-state index in [0.717, 1.165) is 4.31 Å². The van der Waals surface area contributed by atoms with Crippen LogP contribution in [-0.2, 0) is 14.8 Å². The van der Waals surface area contributed by atoms with Gasteiger partial charge in [0.25, 0.3) is 15.9 Å². The molecule has 0 atom stereocenters. The number of amides is 1. The molecular formula is C21H17Cl2N3O4S. The maximum Gasteiger partial charge on any atom is 0.264 e. The van der Waals surface area contributed by atoms with Crippen LogP contribution in [0.3, 0.4) is 0 Å². The normalized spacial score (nSPS) is 11.4. The largest absolute Gasteiger partial charge is 0.507 e. The summed E-state index contributed by atoms with van der Waals surface area (Å²) in [5.41, 5.74) is 2.77. The number of carbonyl (C=O) groups excluding carboxylic acids is 1. The number of nitrogens with zero attached hydrogens (tertiary/aromatic N) is 2. The summed E-state index contributed by atoms with van der Waals surface area (Å²) >= 11 is 12.1. The number of halogens is 2. The van der Waals surface area contributed by atoms with E-state index < -0.39 is 22.5 Å². The van der Waals surface area contributed by atoms with Crippen LogP contribution in [0.2, 0.25) is 10.0 Å². The predicted octanol–water partition coefficient (Wildman–Crippen LogP) is 4.04. The van der Waals surface area contributed by atoms with E-state index in [1.807, 2.05) is 0 Å². The molecule has 0 aromatic heterocycles. The third kappa shape index (κ3) is 5.75. The molecule has 0 aliphatic heterocycles. The van der Waals surface area contributed by atoms with Gasteiger partial charge in [-0.2, -0.15) is 5.10 Å². The van der Waals surface area contributed by atoms with Gasteiger partial charge in [0, 0.05) is 15.6 Å². The van der Waals surface area contributed by atoms with Crippen LogP contribution in [0.25, 0.3) is 0 Å². The molecule has 160 valence electrons. The molecule has 3 aromatic carbocycles. The zero-order valence-corrected chi connectivity index (χ0v) is 18.3. The van der Waals surface area contributed by atoms with Gasteiger partial charge in [0.15, 0.2) is 0 Å². The average molecular weight is 478 g/mol. The molecule has 0 spiro atoms. The number of phenolic OH excluding ortho intramolecular Hbond substituents is 1. The average Bonchev–Trinajstić information content (AvgIpc) is 2.73. The lowest BCUT2D eigenvalue weighted by atomic mass is 10.2. The standard InChI is InChI=1S/C21H17Cl2N3O4S/c22-16-10-17(23)12-18(11-16)26(31(29,30)19-7-2-1-3-8-19)14-21(28)25-24-13-15-6-4-5-9-20(15)27/h1-13,27H,14H2,(H,25,28)/b24-13-. The monoisotopic (exact) mass is 477 g/mol. The number of anilines is 1. The molecule has 0 radical (unpaired) electrons. The van der Waals surface area contributed by atoms with Crippen molar-refractivity contribution in [1.82, 2.24) is 5.43 Å². The fourth-order valence-corrected chi connectivity index (χ4v) is 4.59. The summed E-state index contributed by atoms with van der Waals surface area (Å²) in [4.78, 5) is 12.5. The highest BCUT2D eigenvalue weighted by Crippen LogP contribution is 2.29. The van der Waals surface area contributed by atoms with E-state index in [2.05, 4.69) is 10.5 Å². The summed E-state index contributed by atoms with van der Waals surface area (Å²) in [6.45, 7) is -0.577. The van der Waals surface area contributed by atoms with Crippen LogP contribution in [0.5, 0.6) is 5.75 Å². The van der Waals surface area contributed by atoms with Crippen molar-refractivity contribution in [2.75, 3.05) is 10.8 Å². The maximum atomic E-state index is 13.2. The van der Waals surface area contributed by atoms with Crippen molar-refractivity contribution in [3.63, 3.8) is 0 Å². The van der Waals surface area contributed by atoms with E-state index in [0.29, 0.717) is 5.56 Å². The first-order valence-electron chi connectivity index (χ1n) is 8.91. The van der Waals surface area contributed by atoms with Crippen LogP contribution in [0, 0.1) is 0 Å². The molecule has 31 heavy (non-hydrogen) atoms. The summed E-state index contributed by atoms with van der Waals surface area (Å²) in [6.07, 6.45) is 1.25. The highest BCUT2D eigenvalue weighted by Gasteiger charge is 2.27. The molecule has 3 rings (SSSR count). The Morgan fingerprint density at radius 3 is 2.26 bits per heavy atom. The number of carbonyl (C=O) groups is 1. The lowest BCUT2D eigenvalue weighted by Gasteiger charge is -2.24. The Morgan fingerprint density at radius 1 is 1.00 bits per heavy atom. The molecular weight excluding hydrogens is 461 g/mol. The Labute approximate surface area is 189 Å². The van der Waals surface area contributed by atoms with Crippen molar-refractivity contribution >= 4 is 51.0 Å². The van der Waals surface area contributed by atoms with Crippen LogP contribution in [0.1, 0.15) is 5.56 Å². The van der Waals surface area contributed by atoms with Gasteiger partial charge in [0.1, 0.15) is 12.3 Å². The van der Waals surface area contributed by atoms with Gasteiger partial charge in [-0.15, -0.1) is 0 Å². The first-order valence-corrected chi connectivity index (χ1v) is 11.1. The topological polar surface area (TPSA) is 99.1 Å². The third-order valence-electron chi connectivity index (χ3n) is 4.08. The predicted molar refractivity (Wildman–Crippen MR) is 121 cm³/mol. The highest BCUT2D eigenvalue weighted by molar-refractivity contribution is 7.92. The summed E-state index contributed by atoms with van der Waals surface area (Å²) in [5.74, 6) is -0.718. The Balaban J connectivity index is 1.88. The van der Waals surface area contributed by atoms with Gasteiger partial charge >= 0.3 is 0 Å². The number of sulfonamides is 1. The number of phenols is 1. The number of para-hydroxylation sites is 1. The van der Waals surface area contributed by atoms with Crippen molar-refractivity contribution in [2.24, 2.45) is 5.10 Å². The number of rotatable bonds is 7. The van der Waals surface area contributed by atoms with Crippen molar-refractivity contribution in [2.45, 2.75) is 4.90 Å². The summed E-state index contributed by atoms with van der Waals surface area (Å²) < 4.78 is 27.3. The highest BCUT2D eigenvalue weighted by atomic mass is 35.5. The smallest absolute Gasteiger partial charge is 0.264 e. The van der Waals surface area contributed by atoms with Crippen molar-refractivity contribution < 1.29 is 18.3 Å².